The van der Waals surface area contributed by atoms with Gasteiger partial charge in [-0.05, 0) is 67.3 Å². The van der Waals surface area contributed by atoms with Gasteiger partial charge in [-0.15, -0.1) is 0 Å². The molecule has 0 radical (unpaired) electrons. The van der Waals surface area contributed by atoms with Gasteiger partial charge in [0.05, 0.1) is 25.4 Å². The fourth-order valence-electron chi connectivity index (χ4n) is 5.23. The highest BCUT2D eigenvalue weighted by Gasteiger charge is 2.29. The molecule has 0 amide bonds. The number of carbonyl (C=O) groups is 1. The Balaban J connectivity index is 1.32. The third kappa shape index (κ3) is 6.70. The molecular formula is C31H34O8S. The lowest BCUT2D eigenvalue weighted by Gasteiger charge is -2.25. The highest BCUT2D eigenvalue weighted by Crippen LogP contribution is 2.42. The van der Waals surface area contributed by atoms with E-state index in [9.17, 15) is 13.2 Å². The summed E-state index contributed by atoms with van der Waals surface area (Å²) in [7, 11) is -3.01. The van der Waals surface area contributed by atoms with Gasteiger partial charge in [-0.25, -0.2) is 8.42 Å². The Morgan fingerprint density at radius 1 is 1.00 bits per heavy atom. The molecule has 5 rings (SSSR count). The number of sulfone groups is 1. The molecule has 2 heterocycles. The Bertz CT molecular complexity index is 1530. The second-order valence-corrected chi connectivity index (χ2v) is 13.4. The summed E-state index contributed by atoms with van der Waals surface area (Å²) >= 11 is 0. The molecule has 40 heavy (non-hydrogen) atoms. The van der Waals surface area contributed by atoms with Crippen LogP contribution in [0.3, 0.4) is 0 Å². The third-order valence-electron chi connectivity index (χ3n) is 7.03. The predicted octanol–water partition coefficient (Wildman–Crippen LogP) is 5.41. The van der Waals surface area contributed by atoms with Gasteiger partial charge in [0.1, 0.15) is 45.0 Å². The second-order valence-electron chi connectivity index (χ2n) is 11.1. The SMILES string of the molecule is CC1(C)Cc2cc(OCCCS(C)(=O)=O)ccc2-c2cc(COc3ccc4c(c3)OC[C@H]4CC(=O)O)ccc2O1. The summed E-state index contributed by atoms with van der Waals surface area (Å²) < 4.78 is 46.9. The fourth-order valence-corrected chi connectivity index (χ4v) is 5.87. The van der Waals surface area contributed by atoms with Crippen molar-refractivity contribution in [1.82, 2.24) is 0 Å². The molecule has 8 nitrogen and oxygen atoms in total. The van der Waals surface area contributed by atoms with Gasteiger partial charge in [-0.2, -0.15) is 0 Å². The second kappa shape index (κ2) is 11.0. The number of carboxylic acid groups (broad SMARTS) is 1. The minimum Gasteiger partial charge on any atom is -0.494 e. The Morgan fingerprint density at radius 2 is 1.77 bits per heavy atom. The standard InChI is InChI=1S/C31H34O8S/c1-31(2)17-21-14-23(36-11-4-12-40(3,34)35)6-8-25(21)27-13-20(5-10-28(27)39-31)18-37-24-7-9-26-22(15-30(32)33)19-38-29(26)16-24/h5-10,13-14,16,22H,4,11-12,15,17-19H2,1-3H3,(H,32,33)/t22-/m1/s1. The van der Waals surface area contributed by atoms with Crippen LogP contribution in [0.15, 0.2) is 54.6 Å². The highest BCUT2D eigenvalue weighted by atomic mass is 32.2. The average molecular weight is 567 g/mol. The molecule has 0 fully saturated rings. The van der Waals surface area contributed by atoms with E-state index in [0.717, 1.165) is 33.6 Å². The van der Waals surface area contributed by atoms with Crippen molar-refractivity contribution in [3.8, 4) is 34.1 Å². The molecule has 1 atom stereocenters. The Kier molecular flexibility index (Phi) is 7.68. The molecule has 212 valence electrons. The average Bonchev–Trinajstić information content (AvgIpc) is 3.21. The van der Waals surface area contributed by atoms with Crippen molar-refractivity contribution in [2.75, 3.05) is 25.2 Å². The number of hydrogen-bond donors (Lipinski definition) is 1. The van der Waals surface area contributed by atoms with Crippen molar-refractivity contribution in [3.63, 3.8) is 0 Å². The van der Waals surface area contributed by atoms with Crippen molar-refractivity contribution >= 4 is 15.8 Å². The molecule has 3 aromatic rings. The maximum atomic E-state index is 11.4. The zero-order valence-electron chi connectivity index (χ0n) is 22.9. The van der Waals surface area contributed by atoms with Gasteiger partial charge in [0, 0.05) is 35.8 Å². The van der Waals surface area contributed by atoms with Crippen molar-refractivity contribution < 1.29 is 37.3 Å². The molecule has 1 N–H and O–H groups in total. The maximum absolute atomic E-state index is 11.4. The molecule has 2 aliphatic heterocycles. The topological polar surface area (TPSA) is 108 Å². The Labute approximate surface area is 234 Å². The van der Waals surface area contributed by atoms with E-state index >= 15 is 0 Å². The first kappa shape index (κ1) is 27.8. The van der Waals surface area contributed by atoms with E-state index in [2.05, 4.69) is 19.9 Å². The van der Waals surface area contributed by atoms with Crippen LogP contribution >= 0.6 is 0 Å². The molecule has 0 saturated carbocycles. The molecule has 0 bridgehead atoms. The van der Waals surface area contributed by atoms with Gasteiger partial charge in [-0.3, -0.25) is 4.79 Å². The monoisotopic (exact) mass is 566 g/mol. The van der Waals surface area contributed by atoms with Crippen LogP contribution in [0, 0.1) is 0 Å². The molecule has 0 saturated heterocycles. The van der Waals surface area contributed by atoms with Gasteiger partial charge in [0.2, 0.25) is 0 Å². The van der Waals surface area contributed by atoms with Crippen LogP contribution in [0.5, 0.6) is 23.0 Å². The molecule has 2 aliphatic rings. The van der Waals surface area contributed by atoms with E-state index in [1.807, 2.05) is 48.5 Å². The Hall–Kier alpha value is -3.72. The van der Waals surface area contributed by atoms with Crippen LogP contribution in [0.4, 0.5) is 0 Å². The quantitative estimate of drug-likeness (QED) is 0.325. The smallest absolute Gasteiger partial charge is 0.304 e. The number of fused-ring (bicyclic) bond motifs is 4. The lowest BCUT2D eigenvalue weighted by Crippen LogP contribution is -2.30. The van der Waals surface area contributed by atoms with Crippen molar-refractivity contribution in [2.45, 2.75) is 51.2 Å². The van der Waals surface area contributed by atoms with Gasteiger partial charge in [0.15, 0.2) is 0 Å². The number of benzene rings is 3. The minimum absolute atomic E-state index is 0.0412. The minimum atomic E-state index is -3.01. The van der Waals surface area contributed by atoms with E-state index in [0.29, 0.717) is 49.9 Å². The summed E-state index contributed by atoms with van der Waals surface area (Å²) in [6, 6.07) is 17.6. The first-order valence-electron chi connectivity index (χ1n) is 13.3. The van der Waals surface area contributed by atoms with E-state index in [1.54, 1.807) is 0 Å². The third-order valence-corrected chi connectivity index (χ3v) is 8.06. The van der Waals surface area contributed by atoms with Crippen LogP contribution in [-0.4, -0.2) is 50.3 Å². The molecule has 0 aliphatic carbocycles. The first-order valence-corrected chi connectivity index (χ1v) is 15.4. The highest BCUT2D eigenvalue weighted by molar-refractivity contribution is 7.90. The summed E-state index contributed by atoms with van der Waals surface area (Å²) in [6.07, 6.45) is 2.39. The zero-order valence-corrected chi connectivity index (χ0v) is 23.8. The van der Waals surface area contributed by atoms with Crippen molar-refractivity contribution in [1.29, 1.82) is 0 Å². The van der Waals surface area contributed by atoms with Crippen LogP contribution in [0.1, 0.15) is 49.3 Å². The summed E-state index contributed by atoms with van der Waals surface area (Å²) in [6.45, 7) is 5.14. The van der Waals surface area contributed by atoms with E-state index in [1.165, 1.54) is 6.26 Å². The predicted molar refractivity (Wildman–Crippen MR) is 151 cm³/mol. The largest absolute Gasteiger partial charge is 0.494 e. The summed E-state index contributed by atoms with van der Waals surface area (Å²) in [5.41, 5.74) is 4.55. The lowest BCUT2D eigenvalue weighted by molar-refractivity contribution is -0.137. The summed E-state index contributed by atoms with van der Waals surface area (Å²) in [5, 5.41) is 9.12. The van der Waals surface area contributed by atoms with E-state index < -0.39 is 21.4 Å². The number of aliphatic carboxylic acids is 1. The maximum Gasteiger partial charge on any atom is 0.304 e. The van der Waals surface area contributed by atoms with Crippen LogP contribution in [0.2, 0.25) is 0 Å². The van der Waals surface area contributed by atoms with Crippen molar-refractivity contribution in [2.24, 2.45) is 0 Å². The van der Waals surface area contributed by atoms with Gasteiger partial charge < -0.3 is 24.1 Å². The Morgan fingerprint density at radius 3 is 2.55 bits per heavy atom. The zero-order chi connectivity index (χ0) is 28.5. The summed E-state index contributed by atoms with van der Waals surface area (Å²) in [5.74, 6) is 1.94. The normalized spacial score (nSPS) is 16.9. The molecule has 0 spiro atoms. The van der Waals surface area contributed by atoms with Crippen LogP contribution < -0.4 is 18.9 Å². The van der Waals surface area contributed by atoms with Gasteiger partial charge in [0.25, 0.3) is 0 Å². The van der Waals surface area contributed by atoms with Gasteiger partial charge >= 0.3 is 5.97 Å². The lowest BCUT2D eigenvalue weighted by atomic mass is 9.92. The first-order chi connectivity index (χ1) is 19.0. The molecule has 0 aromatic heterocycles. The summed E-state index contributed by atoms with van der Waals surface area (Å²) in [4.78, 5) is 11.1. The molecule has 0 unspecified atom stereocenters. The van der Waals surface area contributed by atoms with Gasteiger partial charge in [-0.1, -0.05) is 18.2 Å². The van der Waals surface area contributed by atoms with E-state index in [4.69, 9.17) is 24.1 Å². The molecular weight excluding hydrogens is 532 g/mol. The van der Waals surface area contributed by atoms with Crippen LogP contribution in [0.25, 0.3) is 11.1 Å². The molecule has 3 aromatic carbocycles. The number of hydrogen-bond acceptors (Lipinski definition) is 7. The van der Waals surface area contributed by atoms with E-state index in [-0.39, 0.29) is 18.1 Å². The molecule has 9 heteroatoms. The number of carboxylic acids is 1. The fraction of sp³-hybridized carbons (Fsp3) is 0.387. The van der Waals surface area contributed by atoms with Crippen LogP contribution in [-0.2, 0) is 27.7 Å². The number of ether oxygens (including phenoxy) is 4. The van der Waals surface area contributed by atoms with Crippen molar-refractivity contribution in [3.05, 3.63) is 71.3 Å². The number of rotatable bonds is 10.